The molecular weight excluding hydrogens is 216 g/mol. The second-order valence-electron chi connectivity index (χ2n) is 6.03. The summed E-state index contributed by atoms with van der Waals surface area (Å²) < 4.78 is 2.19. The molecule has 0 aromatic rings. The molecule has 1 heterocycles. The zero-order chi connectivity index (χ0) is 12.3. The van der Waals surface area contributed by atoms with Crippen LogP contribution >= 0.6 is 12.8 Å². The Morgan fingerprint density at radius 3 is 2.56 bits per heavy atom. The molecule has 2 unspecified atom stereocenters. The SMILES string of the molecule is CCCC1CC(CN)N(S)[C@H](C)CC1(C)C. The molecule has 2 N–H and O–H groups in total. The van der Waals surface area contributed by atoms with Gasteiger partial charge in [0.25, 0.3) is 0 Å². The van der Waals surface area contributed by atoms with Gasteiger partial charge in [0.15, 0.2) is 0 Å². The average Bonchev–Trinajstić information content (AvgIpc) is 2.28. The van der Waals surface area contributed by atoms with Crippen molar-refractivity contribution >= 4 is 12.8 Å². The average molecular weight is 244 g/mol. The Balaban J connectivity index is 2.84. The first kappa shape index (κ1) is 14.3. The van der Waals surface area contributed by atoms with Crippen molar-refractivity contribution in [3.63, 3.8) is 0 Å². The van der Waals surface area contributed by atoms with Crippen molar-refractivity contribution in [2.45, 2.75) is 65.5 Å². The zero-order valence-corrected chi connectivity index (χ0v) is 12.1. The van der Waals surface area contributed by atoms with Crippen molar-refractivity contribution in [3.8, 4) is 0 Å². The molecule has 1 aliphatic heterocycles. The maximum Gasteiger partial charge on any atom is 0.0328 e. The Kier molecular flexibility index (Phi) is 5.14. The standard InChI is InChI=1S/C13H28N2S/c1-5-6-11-7-12(9-14)15(16)10(2)8-13(11,3)4/h10-12,16H,5-9,14H2,1-4H3/t10-,11?,12?/m1/s1. The molecule has 1 rings (SSSR count). The molecule has 3 atom stereocenters. The number of hydrogen-bond donors (Lipinski definition) is 2. The van der Waals surface area contributed by atoms with Crippen molar-refractivity contribution in [1.29, 1.82) is 0 Å². The monoisotopic (exact) mass is 244 g/mol. The van der Waals surface area contributed by atoms with E-state index in [4.69, 9.17) is 5.73 Å². The normalized spacial score (nSPS) is 36.0. The van der Waals surface area contributed by atoms with Crippen molar-refractivity contribution in [2.75, 3.05) is 6.54 Å². The fourth-order valence-corrected chi connectivity index (χ4v) is 3.47. The summed E-state index contributed by atoms with van der Waals surface area (Å²) in [7, 11) is 0. The summed E-state index contributed by atoms with van der Waals surface area (Å²) in [6.45, 7) is 10.1. The quantitative estimate of drug-likeness (QED) is 0.747. The maximum atomic E-state index is 5.88. The van der Waals surface area contributed by atoms with Gasteiger partial charge in [-0.05, 0) is 31.1 Å². The Hall–Kier alpha value is 0.270. The lowest BCUT2D eigenvalue weighted by atomic mass is 9.71. The molecule has 2 nitrogen and oxygen atoms in total. The van der Waals surface area contributed by atoms with Crippen LogP contribution in [-0.4, -0.2) is 22.9 Å². The van der Waals surface area contributed by atoms with Gasteiger partial charge in [-0.3, -0.25) is 0 Å². The summed E-state index contributed by atoms with van der Waals surface area (Å²) in [5.74, 6) is 0.783. The molecule has 0 spiro atoms. The van der Waals surface area contributed by atoms with Gasteiger partial charge >= 0.3 is 0 Å². The van der Waals surface area contributed by atoms with Gasteiger partial charge in [-0.15, -0.1) is 0 Å². The largest absolute Gasteiger partial charge is 0.329 e. The number of nitrogens with zero attached hydrogens (tertiary/aromatic N) is 1. The molecule has 0 saturated carbocycles. The number of rotatable bonds is 3. The minimum Gasteiger partial charge on any atom is -0.329 e. The first-order chi connectivity index (χ1) is 7.42. The minimum atomic E-state index is 0.417. The van der Waals surface area contributed by atoms with Gasteiger partial charge in [-0.1, -0.05) is 46.4 Å². The summed E-state index contributed by atoms with van der Waals surface area (Å²) >= 11 is 4.64. The van der Waals surface area contributed by atoms with Crippen LogP contribution in [0, 0.1) is 11.3 Å². The maximum absolute atomic E-state index is 5.88. The lowest BCUT2D eigenvalue weighted by Crippen LogP contribution is -2.38. The van der Waals surface area contributed by atoms with Gasteiger partial charge < -0.3 is 5.73 Å². The van der Waals surface area contributed by atoms with E-state index < -0.39 is 0 Å². The van der Waals surface area contributed by atoms with E-state index in [0.29, 0.717) is 17.5 Å². The molecule has 1 saturated heterocycles. The summed E-state index contributed by atoms with van der Waals surface area (Å²) in [5, 5.41) is 0. The summed E-state index contributed by atoms with van der Waals surface area (Å²) in [6, 6.07) is 0.963. The topological polar surface area (TPSA) is 29.3 Å². The van der Waals surface area contributed by atoms with E-state index in [1.807, 2.05) is 0 Å². The van der Waals surface area contributed by atoms with E-state index in [-0.39, 0.29) is 0 Å². The van der Waals surface area contributed by atoms with E-state index >= 15 is 0 Å². The van der Waals surface area contributed by atoms with Crippen LogP contribution in [0.1, 0.15) is 53.4 Å². The Morgan fingerprint density at radius 1 is 1.44 bits per heavy atom. The zero-order valence-electron chi connectivity index (χ0n) is 11.2. The van der Waals surface area contributed by atoms with Crippen LogP contribution in [0.3, 0.4) is 0 Å². The molecule has 0 bridgehead atoms. The molecule has 1 fully saturated rings. The molecule has 0 radical (unpaired) electrons. The highest BCUT2D eigenvalue weighted by atomic mass is 32.1. The number of thiol groups is 1. The third-order valence-electron chi connectivity index (χ3n) is 4.22. The van der Waals surface area contributed by atoms with Crippen LogP contribution < -0.4 is 5.73 Å². The predicted octanol–water partition coefficient (Wildman–Crippen LogP) is 3.09. The predicted molar refractivity (Wildman–Crippen MR) is 74.5 cm³/mol. The Bertz CT molecular complexity index is 218. The molecule has 0 amide bonds. The molecule has 1 aliphatic rings. The molecule has 0 aromatic heterocycles. The molecule has 3 heteroatoms. The molecule has 16 heavy (non-hydrogen) atoms. The summed E-state index contributed by atoms with van der Waals surface area (Å²) in [6.07, 6.45) is 5.01. The third-order valence-corrected chi connectivity index (χ3v) is 4.94. The first-order valence-corrected chi connectivity index (χ1v) is 6.99. The second-order valence-corrected chi connectivity index (χ2v) is 6.49. The van der Waals surface area contributed by atoms with Crippen LogP contribution in [0.4, 0.5) is 0 Å². The fraction of sp³-hybridized carbons (Fsp3) is 1.00. The Labute approximate surface area is 107 Å². The van der Waals surface area contributed by atoms with Gasteiger partial charge in [0.2, 0.25) is 0 Å². The highest BCUT2D eigenvalue weighted by molar-refractivity contribution is 7.77. The lowest BCUT2D eigenvalue weighted by Gasteiger charge is -2.34. The van der Waals surface area contributed by atoms with Crippen molar-refractivity contribution in [1.82, 2.24) is 4.31 Å². The highest BCUT2D eigenvalue weighted by Crippen LogP contribution is 2.42. The van der Waals surface area contributed by atoms with Gasteiger partial charge in [0, 0.05) is 18.6 Å². The van der Waals surface area contributed by atoms with Crippen LogP contribution in [0.25, 0.3) is 0 Å². The van der Waals surface area contributed by atoms with Gasteiger partial charge in [0.1, 0.15) is 0 Å². The van der Waals surface area contributed by atoms with Gasteiger partial charge in [-0.2, -0.15) is 0 Å². The van der Waals surface area contributed by atoms with E-state index in [1.54, 1.807) is 0 Å². The molecule has 0 aromatic carbocycles. The Morgan fingerprint density at radius 2 is 2.06 bits per heavy atom. The van der Waals surface area contributed by atoms with E-state index in [1.165, 1.54) is 25.7 Å². The fourth-order valence-electron chi connectivity index (χ4n) is 3.20. The molecule has 96 valence electrons. The van der Waals surface area contributed by atoms with Gasteiger partial charge in [0.05, 0.1) is 0 Å². The van der Waals surface area contributed by atoms with Crippen molar-refractivity contribution in [2.24, 2.45) is 17.1 Å². The minimum absolute atomic E-state index is 0.417. The van der Waals surface area contributed by atoms with E-state index in [9.17, 15) is 0 Å². The van der Waals surface area contributed by atoms with Crippen molar-refractivity contribution in [3.05, 3.63) is 0 Å². The molecular formula is C13H28N2S. The second kappa shape index (κ2) is 5.74. The van der Waals surface area contributed by atoms with E-state index in [2.05, 4.69) is 44.8 Å². The van der Waals surface area contributed by atoms with Crippen LogP contribution in [-0.2, 0) is 0 Å². The first-order valence-electron chi connectivity index (χ1n) is 6.59. The lowest BCUT2D eigenvalue weighted by molar-refractivity contribution is 0.175. The van der Waals surface area contributed by atoms with Crippen LogP contribution in [0.5, 0.6) is 0 Å². The van der Waals surface area contributed by atoms with Crippen LogP contribution in [0.15, 0.2) is 0 Å². The smallest absolute Gasteiger partial charge is 0.0328 e. The van der Waals surface area contributed by atoms with Crippen LogP contribution in [0.2, 0.25) is 0 Å². The summed E-state index contributed by atoms with van der Waals surface area (Å²) in [5.41, 5.74) is 6.30. The summed E-state index contributed by atoms with van der Waals surface area (Å²) in [4.78, 5) is 0. The number of nitrogens with two attached hydrogens (primary N) is 1. The highest BCUT2D eigenvalue weighted by Gasteiger charge is 2.38. The van der Waals surface area contributed by atoms with E-state index in [0.717, 1.165) is 12.5 Å². The number of hydrogen-bond acceptors (Lipinski definition) is 3. The van der Waals surface area contributed by atoms with Crippen molar-refractivity contribution < 1.29 is 0 Å². The third kappa shape index (κ3) is 3.14. The molecule has 0 aliphatic carbocycles. The van der Waals surface area contributed by atoms with Gasteiger partial charge in [-0.25, -0.2) is 4.31 Å².